The number of likely N-dealkylation sites (tertiary alicyclic amines) is 1. The van der Waals surface area contributed by atoms with Crippen LogP contribution in [0.1, 0.15) is 137 Å². The first-order valence-electron chi connectivity index (χ1n) is 20.6. The first kappa shape index (κ1) is 40.8. The number of nitrogens with zero attached hydrogens (tertiary/aromatic N) is 1. The van der Waals surface area contributed by atoms with E-state index in [-0.39, 0.29) is 36.2 Å². The maximum Gasteiger partial charge on any atom is 0.407 e. The summed E-state index contributed by atoms with van der Waals surface area (Å²) in [6.07, 6.45) is 18.6. The third-order valence-corrected chi connectivity index (χ3v) is 15.8. The molecule has 4 aliphatic carbocycles. The van der Waals surface area contributed by atoms with Crippen LogP contribution in [0, 0.1) is 46.3 Å². The molecule has 2 N–H and O–H groups in total. The molecule has 2 amide bonds. The average Bonchev–Trinajstić information content (AvgIpc) is 3.66. The molecule has 51 heavy (non-hydrogen) atoms. The summed E-state index contributed by atoms with van der Waals surface area (Å²) in [5, 5.41) is 12.7. The molecule has 292 valence electrons. The summed E-state index contributed by atoms with van der Waals surface area (Å²) in [5.74, 6) is 4.89. The van der Waals surface area contributed by atoms with Crippen LogP contribution in [0.5, 0.6) is 0 Å². The lowest BCUT2D eigenvalue weighted by atomic mass is 9.47. The highest BCUT2D eigenvalue weighted by Crippen LogP contribution is 2.67. The maximum absolute atomic E-state index is 12.9. The number of aliphatic hydroxyl groups is 1. The molecule has 3 saturated carbocycles. The number of hydrogen-bond donors (Lipinski definition) is 2. The Morgan fingerprint density at radius 1 is 1.02 bits per heavy atom. The van der Waals surface area contributed by atoms with Gasteiger partial charge in [0.25, 0.3) is 0 Å². The van der Waals surface area contributed by atoms with Crippen LogP contribution in [-0.4, -0.2) is 73.7 Å². The number of alkyl carbamates (subject to hydrolysis) is 1. The lowest BCUT2D eigenvalue weighted by Gasteiger charge is -2.58. The van der Waals surface area contributed by atoms with Gasteiger partial charge in [-0.25, -0.2) is 4.79 Å². The van der Waals surface area contributed by atoms with Gasteiger partial charge < -0.3 is 29.1 Å². The van der Waals surface area contributed by atoms with Gasteiger partial charge in [-0.2, -0.15) is 0 Å². The van der Waals surface area contributed by atoms with Crippen LogP contribution in [0.15, 0.2) is 11.6 Å². The summed E-state index contributed by atoms with van der Waals surface area (Å²) < 4.78 is 28.7. The number of hydrogen-bond acceptors (Lipinski definition) is 7. The molecule has 0 radical (unpaired) electrons. The number of carbonyl (C=O) groups excluding carboxylic acids is 2. The Morgan fingerprint density at radius 2 is 1.80 bits per heavy atom. The minimum absolute atomic E-state index is 0.0414. The van der Waals surface area contributed by atoms with Crippen molar-refractivity contribution >= 4 is 19.6 Å². The monoisotopic (exact) mass is 734 g/mol. The van der Waals surface area contributed by atoms with E-state index >= 15 is 0 Å². The number of fused-ring (bicyclic) bond motifs is 5. The van der Waals surface area contributed by atoms with E-state index in [0.717, 1.165) is 67.6 Å². The number of unbranched alkanes of at least 4 members (excludes halogenated alkanes) is 2. The van der Waals surface area contributed by atoms with Crippen molar-refractivity contribution in [2.45, 2.75) is 156 Å². The summed E-state index contributed by atoms with van der Waals surface area (Å²) in [5.41, 5.74) is 2.28. The first-order valence-corrected chi connectivity index (χ1v) is 22.6. The van der Waals surface area contributed by atoms with Crippen molar-refractivity contribution in [3.8, 4) is 0 Å². The van der Waals surface area contributed by atoms with E-state index in [2.05, 4.69) is 46.0 Å². The Hall–Kier alpha value is -1.41. The summed E-state index contributed by atoms with van der Waals surface area (Å²) >= 11 is 0. The number of aliphatic hydroxyl groups excluding tert-OH is 1. The molecule has 1 heterocycles. The molecule has 10 heteroatoms. The Labute approximate surface area is 309 Å². The summed E-state index contributed by atoms with van der Waals surface area (Å²) in [7, 11) is -1.83. The molecule has 0 aromatic rings. The van der Waals surface area contributed by atoms with E-state index in [0.29, 0.717) is 37.8 Å². The molecule has 0 spiro atoms. The van der Waals surface area contributed by atoms with E-state index in [1.54, 1.807) is 10.5 Å². The van der Waals surface area contributed by atoms with Gasteiger partial charge in [0, 0.05) is 39.7 Å². The van der Waals surface area contributed by atoms with Gasteiger partial charge in [0.15, 0.2) is 0 Å². The highest BCUT2D eigenvalue weighted by Gasteiger charge is 2.59. The van der Waals surface area contributed by atoms with E-state index in [1.807, 2.05) is 0 Å². The second kappa shape index (κ2) is 17.4. The van der Waals surface area contributed by atoms with Crippen LogP contribution in [0.3, 0.4) is 0 Å². The number of amides is 2. The number of nitrogens with one attached hydrogen (secondary N) is 1. The average molecular weight is 735 g/mol. The van der Waals surface area contributed by atoms with E-state index < -0.39 is 13.7 Å². The van der Waals surface area contributed by atoms with Crippen molar-refractivity contribution in [1.29, 1.82) is 0 Å². The zero-order valence-electron chi connectivity index (χ0n) is 33.0. The largest absolute Gasteiger partial charge is 0.446 e. The minimum Gasteiger partial charge on any atom is -0.446 e. The number of rotatable bonds is 16. The molecule has 11 atom stereocenters. The van der Waals surface area contributed by atoms with Crippen LogP contribution >= 0.6 is 7.60 Å². The van der Waals surface area contributed by atoms with Gasteiger partial charge in [-0.1, -0.05) is 72.0 Å². The summed E-state index contributed by atoms with van der Waals surface area (Å²) in [6, 6.07) is -0.337. The fourth-order valence-electron chi connectivity index (χ4n) is 11.6. The predicted octanol–water partition coefficient (Wildman–Crippen LogP) is 9.13. The van der Waals surface area contributed by atoms with Crippen molar-refractivity contribution in [1.82, 2.24) is 10.2 Å². The van der Waals surface area contributed by atoms with Gasteiger partial charge >= 0.3 is 13.7 Å². The first-order chi connectivity index (χ1) is 24.2. The summed E-state index contributed by atoms with van der Waals surface area (Å²) in [6.45, 7) is 14.5. The van der Waals surface area contributed by atoms with Crippen LogP contribution in [0.4, 0.5) is 4.79 Å². The van der Waals surface area contributed by atoms with E-state index in [9.17, 15) is 19.3 Å². The van der Waals surface area contributed by atoms with Gasteiger partial charge in [-0.05, 0) is 111 Å². The zero-order valence-corrected chi connectivity index (χ0v) is 33.9. The Kier molecular flexibility index (Phi) is 13.9. The molecule has 0 aromatic heterocycles. The van der Waals surface area contributed by atoms with Crippen LogP contribution in [0.25, 0.3) is 0 Å². The standard InChI is InChI=1S/C41H71N2O7P/c1-28(2)12-11-13-29(3)35-17-18-36-34-16-15-30-24-32(19-21-40(30,4)37(34)20-22-41(35,36)5)49-39(46)42-23-10-8-9-14-38(45)43-26-33(25-31(43)27-44)50-51(7,47)48-6/h15,28-29,31-37,44H,8-14,16-27H2,1-7H3,(H,42,46)/t29-,31+,32+,33?,34?,35-,36?,37?,40+,41-,51?/m1/s1. The van der Waals surface area contributed by atoms with Crippen molar-refractivity contribution in [2.24, 2.45) is 46.3 Å². The minimum atomic E-state index is -3.17. The lowest BCUT2D eigenvalue weighted by molar-refractivity contribution is -0.133. The number of allylic oxidation sites excluding steroid dienone is 1. The molecule has 5 unspecified atom stereocenters. The van der Waals surface area contributed by atoms with Gasteiger partial charge in [-0.3, -0.25) is 9.36 Å². The molecule has 0 bridgehead atoms. The van der Waals surface area contributed by atoms with E-state index in [1.165, 1.54) is 65.1 Å². The molecule has 1 saturated heterocycles. The Bertz CT molecular complexity index is 1270. The quantitative estimate of drug-likeness (QED) is 0.0924. The summed E-state index contributed by atoms with van der Waals surface area (Å²) in [4.78, 5) is 27.3. The van der Waals surface area contributed by atoms with Gasteiger partial charge in [0.05, 0.1) is 18.8 Å². The van der Waals surface area contributed by atoms with Crippen LogP contribution in [-0.2, 0) is 23.1 Å². The normalized spacial score (nSPS) is 36.5. The van der Waals surface area contributed by atoms with Gasteiger partial charge in [0.2, 0.25) is 5.91 Å². The number of carbonyl (C=O) groups is 2. The lowest BCUT2D eigenvalue weighted by Crippen LogP contribution is -2.51. The molecule has 5 aliphatic rings. The smallest absolute Gasteiger partial charge is 0.407 e. The molecule has 1 aliphatic heterocycles. The fraction of sp³-hybridized carbons (Fsp3) is 0.902. The van der Waals surface area contributed by atoms with E-state index in [4.69, 9.17) is 13.8 Å². The molecule has 4 fully saturated rings. The predicted molar refractivity (Wildman–Crippen MR) is 202 cm³/mol. The fourth-order valence-corrected chi connectivity index (χ4v) is 12.4. The third-order valence-electron chi connectivity index (χ3n) is 14.4. The van der Waals surface area contributed by atoms with Crippen molar-refractivity contribution in [3.05, 3.63) is 11.6 Å². The molecule has 0 aromatic carbocycles. The topological polar surface area (TPSA) is 114 Å². The van der Waals surface area contributed by atoms with Crippen LogP contribution < -0.4 is 5.32 Å². The van der Waals surface area contributed by atoms with Crippen molar-refractivity contribution in [3.63, 3.8) is 0 Å². The Balaban J connectivity index is 1.02. The van der Waals surface area contributed by atoms with Gasteiger partial charge in [-0.15, -0.1) is 0 Å². The number of ether oxygens (including phenoxy) is 1. The zero-order chi connectivity index (χ0) is 37.0. The van der Waals surface area contributed by atoms with Crippen molar-refractivity contribution in [2.75, 3.05) is 33.5 Å². The second-order valence-electron chi connectivity index (χ2n) is 18.1. The molecular weight excluding hydrogens is 663 g/mol. The Morgan fingerprint density at radius 3 is 2.53 bits per heavy atom. The second-order valence-corrected chi connectivity index (χ2v) is 20.2. The molecule has 9 nitrogen and oxygen atoms in total. The SMILES string of the molecule is COP(C)(=O)OC1C[C@@H](CO)N(C(=O)CCCCCNC(=O)O[C@H]2CC[C@@]3(C)C(=CCC4C3CC[C@@]3(C)C4CC[C@@H]3[C@H](C)CCCC(C)C)C2)C1. The highest BCUT2D eigenvalue weighted by atomic mass is 31.2. The molecule has 5 rings (SSSR count). The van der Waals surface area contributed by atoms with Crippen LogP contribution in [0.2, 0.25) is 0 Å². The van der Waals surface area contributed by atoms with Gasteiger partial charge in [0.1, 0.15) is 6.10 Å². The third kappa shape index (κ3) is 9.46. The highest BCUT2D eigenvalue weighted by molar-refractivity contribution is 7.52. The molecular formula is C41H71N2O7P. The van der Waals surface area contributed by atoms with Crippen molar-refractivity contribution < 1.29 is 33.0 Å². The maximum atomic E-state index is 12.9.